The van der Waals surface area contributed by atoms with Crippen molar-refractivity contribution in [3.8, 4) is 0 Å². The topological polar surface area (TPSA) is 104 Å². The summed E-state index contributed by atoms with van der Waals surface area (Å²) in [5.41, 5.74) is 19.6. The molecule has 0 aromatic rings. The third-order valence-electron chi connectivity index (χ3n) is 0.667. The number of nitrogens with two attached hydrogens (primary N) is 4. The fourth-order valence-electron chi connectivity index (χ4n) is 0. The third kappa shape index (κ3) is 765. The van der Waals surface area contributed by atoms with Gasteiger partial charge in [-0.05, 0) is 0 Å². The van der Waals surface area contributed by atoms with Crippen LogP contribution >= 0.6 is 0 Å². The molecule has 128 valence electrons. The maximum Gasteiger partial charge on any atom is 0.673 e. The lowest BCUT2D eigenvalue weighted by atomic mass is 10.3. The molecular formula is C12H28BF4N4-. The summed E-state index contributed by atoms with van der Waals surface area (Å²) in [4.78, 5) is 0. The van der Waals surface area contributed by atoms with Crippen molar-refractivity contribution in [2.45, 2.75) is 0 Å². The summed E-state index contributed by atoms with van der Waals surface area (Å²) in [6.45, 7) is 15.8. The van der Waals surface area contributed by atoms with Crippen LogP contribution in [0.4, 0.5) is 17.3 Å². The Labute approximate surface area is 125 Å². The first-order chi connectivity index (χ1) is 9.66. The molecule has 0 saturated carbocycles. The van der Waals surface area contributed by atoms with Gasteiger partial charge in [-0.25, -0.2) is 0 Å². The van der Waals surface area contributed by atoms with Gasteiger partial charge in [0, 0.05) is 26.2 Å². The average molecular weight is 315 g/mol. The Balaban J connectivity index is -0.0000000510. The van der Waals surface area contributed by atoms with Crippen LogP contribution in [0.3, 0.4) is 0 Å². The normalized spacial score (nSPS) is 7.62. The predicted molar refractivity (Wildman–Crippen MR) is 87.2 cm³/mol. The van der Waals surface area contributed by atoms with Gasteiger partial charge in [-0.15, -0.1) is 26.3 Å². The van der Waals surface area contributed by atoms with Crippen LogP contribution in [-0.2, 0) is 0 Å². The highest BCUT2D eigenvalue weighted by molar-refractivity contribution is 6.50. The van der Waals surface area contributed by atoms with E-state index in [9.17, 15) is 17.3 Å². The Bertz CT molecular complexity index is 174. The summed E-state index contributed by atoms with van der Waals surface area (Å²) >= 11 is 0. The molecule has 0 unspecified atom stereocenters. The molecule has 0 rings (SSSR count). The van der Waals surface area contributed by atoms with Crippen molar-refractivity contribution in [1.29, 1.82) is 0 Å². The van der Waals surface area contributed by atoms with Crippen molar-refractivity contribution in [1.82, 2.24) is 0 Å². The standard InChI is InChI=1S/4C3H7N.BF4/c4*1-2-3-4;2-1(3,4)5/h4*2H,1,3-4H2;/q;;;;-1. The maximum absolute atomic E-state index is 9.75. The zero-order valence-electron chi connectivity index (χ0n) is 12.4. The van der Waals surface area contributed by atoms with Gasteiger partial charge in [0.05, 0.1) is 0 Å². The van der Waals surface area contributed by atoms with E-state index in [1.54, 1.807) is 24.3 Å². The fraction of sp³-hybridized carbons (Fsp3) is 0.333. The summed E-state index contributed by atoms with van der Waals surface area (Å²) in [5, 5.41) is 0. The molecule has 0 aliphatic rings. The molecule has 0 spiro atoms. The molecule has 0 aliphatic heterocycles. The molecule has 0 aromatic heterocycles. The zero-order chi connectivity index (χ0) is 18.2. The number of halogens is 4. The molecule has 4 nitrogen and oxygen atoms in total. The minimum Gasteiger partial charge on any atom is -0.418 e. The van der Waals surface area contributed by atoms with E-state index in [4.69, 9.17) is 22.9 Å². The number of hydrogen-bond acceptors (Lipinski definition) is 4. The predicted octanol–water partition coefficient (Wildman–Crippen LogP) is 1.82. The Morgan fingerprint density at radius 3 is 0.619 bits per heavy atom. The van der Waals surface area contributed by atoms with E-state index < -0.39 is 7.25 Å². The lowest BCUT2D eigenvalue weighted by Crippen LogP contribution is -2.02. The van der Waals surface area contributed by atoms with Crippen LogP contribution in [-0.4, -0.2) is 33.4 Å². The summed E-state index contributed by atoms with van der Waals surface area (Å²) in [6, 6.07) is 0. The minimum absolute atomic E-state index is 0.583. The Morgan fingerprint density at radius 2 is 0.619 bits per heavy atom. The van der Waals surface area contributed by atoms with Gasteiger partial charge >= 0.3 is 7.25 Å². The van der Waals surface area contributed by atoms with Gasteiger partial charge in [-0.1, -0.05) is 24.3 Å². The van der Waals surface area contributed by atoms with E-state index in [2.05, 4.69) is 26.3 Å². The first-order valence-electron chi connectivity index (χ1n) is 5.77. The van der Waals surface area contributed by atoms with Crippen LogP contribution in [0.1, 0.15) is 0 Å². The van der Waals surface area contributed by atoms with Gasteiger partial charge in [0.2, 0.25) is 0 Å². The van der Waals surface area contributed by atoms with Gasteiger partial charge in [-0.2, -0.15) is 0 Å². The van der Waals surface area contributed by atoms with Crippen molar-refractivity contribution in [3.05, 3.63) is 50.6 Å². The van der Waals surface area contributed by atoms with E-state index in [-0.39, 0.29) is 0 Å². The molecule has 0 fully saturated rings. The van der Waals surface area contributed by atoms with Crippen molar-refractivity contribution >= 4 is 7.25 Å². The molecule has 0 atom stereocenters. The second-order valence-electron chi connectivity index (χ2n) is 2.59. The molecule has 0 aliphatic carbocycles. The SMILES string of the molecule is C=CCN.C=CCN.C=CCN.C=CCN.F[B-](F)(F)F. The van der Waals surface area contributed by atoms with E-state index >= 15 is 0 Å². The van der Waals surface area contributed by atoms with Gasteiger partial charge in [-0.3, -0.25) is 0 Å². The Kier molecular flexibility index (Phi) is 54.9. The monoisotopic (exact) mass is 315 g/mol. The molecule has 0 radical (unpaired) electrons. The van der Waals surface area contributed by atoms with Crippen LogP contribution in [0.15, 0.2) is 50.6 Å². The summed E-state index contributed by atoms with van der Waals surface area (Å²) in [6.07, 6.45) is 6.61. The van der Waals surface area contributed by atoms with Crippen molar-refractivity contribution in [2.75, 3.05) is 26.2 Å². The fourth-order valence-corrected chi connectivity index (χ4v) is 0. The Hall–Kier alpha value is -1.42. The molecule has 9 heteroatoms. The first-order valence-corrected chi connectivity index (χ1v) is 5.77. The van der Waals surface area contributed by atoms with Gasteiger partial charge in [0.1, 0.15) is 0 Å². The van der Waals surface area contributed by atoms with Crippen molar-refractivity contribution < 1.29 is 17.3 Å². The molecule has 0 amide bonds. The lowest BCUT2D eigenvalue weighted by molar-refractivity contribution is 0.368. The molecule has 0 saturated heterocycles. The third-order valence-corrected chi connectivity index (χ3v) is 0.667. The zero-order valence-corrected chi connectivity index (χ0v) is 12.4. The van der Waals surface area contributed by atoms with Gasteiger partial charge in [0.15, 0.2) is 0 Å². The molecule has 8 N–H and O–H groups in total. The second kappa shape index (κ2) is 36.3. The largest absolute Gasteiger partial charge is 0.673 e. The van der Waals surface area contributed by atoms with Crippen LogP contribution in [0.5, 0.6) is 0 Å². The molecule has 21 heavy (non-hydrogen) atoms. The summed E-state index contributed by atoms with van der Waals surface area (Å²) < 4.78 is 39.0. The quantitative estimate of drug-likeness (QED) is 0.361. The average Bonchev–Trinajstić information content (AvgIpc) is 2.45. The van der Waals surface area contributed by atoms with Gasteiger partial charge in [0.25, 0.3) is 0 Å². The van der Waals surface area contributed by atoms with Gasteiger partial charge < -0.3 is 40.2 Å². The van der Waals surface area contributed by atoms with Crippen LogP contribution in [0, 0.1) is 0 Å². The highest BCUT2D eigenvalue weighted by atomic mass is 19.5. The molecular weight excluding hydrogens is 287 g/mol. The van der Waals surface area contributed by atoms with Crippen LogP contribution in [0.25, 0.3) is 0 Å². The molecule has 0 bridgehead atoms. The van der Waals surface area contributed by atoms with E-state index in [1.165, 1.54) is 0 Å². The first kappa shape index (κ1) is 31.8. The van der Waals surface area contributed by atoms with E-state index in [0.29, 0.717) is 26.2 Å². The highest BCUT2D eigenvalue weighted by Crippen LogP contribution is 2.06. The molecule has 0 aromatic carbocycles. The maximum atomic E-state index is 9.75. The van der Waals surface area contributed by atoms with E-state index in [1.807, 2.05) is 0 Å². The minimum atomic E-state index is -6.00. The van der Waals surface area contributed by atoms with E-state index in [0.717, 1.165) is 0 Å². The Morgan fingerprint density at radius 1 is 0.571 bits per heavy atom. The lowest BCUT2D eigenvalue weighted by Gasteiger charge is -1.94. The summed E-state index contributed by atoms with van der Waals surface area (Å²) in [5.74, 6) is 0. The van der Waals surface area contributed by atoms with Crippen molar-refractivity contribution in [3.63, 3.8) is 0 Å². The second-order valence-corrected chi connectivity index (χ2v) is 2.59. The van der Waals surface area contributed by atoms with Crippen LogP contribution < -0.4 is 22.9 Å². The van der Waals surface area contributed by atoms with Crippen LogP contribution in [0.2, 0.25) is 0 Å². The smallest absolute Gasteiger partial charge is 0.418 e. The summed E-state index contributed by atoms with van der Waals surface area (Å²) in [7, 11) is -6.00. The molecule has 0 heterocycles. The number of hydrogen-bond donors (Lipinski definition) is 4. The number of rotatable bonds is 4. The van der Waals surface area contributed by atoms with Crippen molar-refractivity contribution in [2.24, 2.45) is 22.9 Å². The highest BCUT2D eigenvalue weighted by Gasteiger charge is 2.20.